The molecular weight excluding hydrogens is 168 g/mol. The third-order valence-corrected chi connectivity index (χ3v) is 1.65. The molecule has 0 aromatic carbocycles. The maximum atomic E-state index is 9.05. The van der Waals surface area contributed by atoms with Crippen LogP contribution in [0.15, 0.2) is 0 Å². The van der Waals surface area contributed by atoms with Gasteiger partial charge in [0.05, 0.1) is 25.4 Å². The minimum atomic E-state index is -0.286. The largest absolute Gasteiger partial charge is 0.393 e. The molecule has 3 nitrogen and oxygen atoms in total. The summed E-state index contributed by atoms with van der Waals surface area (Å²) in [5.41, 5.74) is 0. The van der Waals surface area contributed by atoms with Gasteiger partial charge in [0.2, 0.25) is 0 Å². The maximum Gasteiger partial charge on any atom is 0.0704 e. The molecule has 0 aromatic heterocycles. The zero-order chi connectivity index (χ0) is 10.1. The van der Waals surface area contributed by atoms with Crippen LogP contribution in [-0.4, -0.2) is 37.1 Å². The summed E-state index contributed by atoms with van der Waals surface area (Å²) < 4.78 is 10.7. The van der Waals surface area contributed by atoms with Gasteiger partial charge in [-0.1, -0.05) is 6.92 Å². The lowest BCUT2D eigenvalue weighted by Crippen LogP contribution is -2.18. The fourth-order valence-corrected chi connectivity index (χ4v) is 1.10. The summed E-state index contributed by atoms with van der Waals surface area (Å²) >= 11 is 0. The Hall–Kier alpha value is -0.120. The van der Waals surface area contributed by atoms with Gasteiger partial charge < -0.3 is 14.6 Å². The lowest BCUT2D eigenvalue weighted by molar-refractivity contribution is -0.00628. The molecule has 0 saturated carbocycles. The van der Waals surface area contributed by atoms with Crippen LogP contribution in [0.25, 0.3) is 0 Å². The van der Waals surface area contributed by atoms with E-state index in [1.165, 1.54) is 0 Å². The van der Waals surface area contributed by atoms with Crippen molar-refractivity contribution in [3.63, 3.8) is 0 Å². The van der Waals surface area contributed by atoms with E-state index in [2.05, 4.69) is 6.92 Å². The average molecular weight is 190 g/mol. The van der Waals surface area contributed by atoms with Gasteiger partial charge in [-0.2, -0.15) is 0 Å². The zero-order valence-electron chi connectivity index (χ0n) is 8.95. The second-order valence-electron chi connectivity index (χ2n) is 3.38. The van der Waals surface area contributed by atoms with Crippen LogP contribution in [0.5, 0.6) is 0 Å². The van der Waals surface area contributed by atoms with E-state index < -0.39 is 0 Å². The minimum Gasteiger partial charge on any atom is -0.393 e. The third kappa shape index (κ3) is 9.80. The second-order valence-corrected chi connectivity index (χ2v) is 3.38. The molecule has 13 heavy (non-hydrogen) atoms. The lowest BCUT2D eigenvalue weighted by atomic mass is 10.2. The smallest absolute Gasteiger partial charge is 0.0704 e. The molecular formula is C10H22O3. The van der Waals surface area contributed by atoms with Crippen molar-refractivity contribution in [3.05, 3.63) is 0 Å². The van der Waals surface area contributed by atoms with Crippen molar-refractivity contribution in [1.29, 1.82) is 0 Å². The molecule has 0 amide bonds. The lowest BCUT2D eigenvalue weighted by Gasteiger charge is -2.14. The maximum absolute atomic E-state index is 9.05. The molecule has 0 saturated heterocycles. The van der Waals surface area contributed by atoms with E-state index in [1.807, 2.05) is 6.92 Å². The summed E-state index contributed by atoms with van der Waals surface area (Å²) in [7, 11) is 0. The first-order valence-corrected chi connectivity index (χ1v) is 5.04. The van der Waals surface area contributed by atoms with Crippen LogP contribution < -0.4 is 0 Å². The predicted molar refractivity (Wildman–Crippen MR) is 52.8 cm³/mol. The molecule has 0 radical (unpaired) electrons. The molecule has 2 unspecified atom stereocenters. The fraction of sp³-hybridized carbons (Fsp3) is 1.00. The first-order chi connectivity index (χ1) is 6.16. The van der Waals surface area contributed by atoms with Crippen molar-refractivity contribution >= 4 is 0 Å². The molecule has 0 bridgehead atoms. The Bertz CT molecular complexity index is 104. The van der Waals surface area contributed by atoms with Crippen molar-refractivity contribution < 1.29 is 14.6 Å². The first kappa shape index (κ1) is 12.9. The molecule has 0 aliphatic rings. The van der Waals surface area contributed by atoms with Gasteiger partial charge in [0.1, 0.15) is 0 Å². The van der Waals surface area contributed by atoms with Crippen LogP contribution in [0.3, 0.4) is 0 Å². The Morgan fingerprint density at radius 2 is 1.85 bits per heavy atom. The SMILES string of the molecule is CCCOCCOC(C)CC(C)O. The van der Waals surface area contributed by atoms with Gasteiger partial charge in [0.25, 0.3) is 0 Å². The van der Waals surface area contributed by atoms with Crippen LogP contribution in [0.1, 0.15) is 33.6 Å². The average Bonchev–Trinajstić information content (AvgIpc) is 2.02. The van der Waals surface area contributed by atoms with Gasteiger partial charge in [-0.3, -0.25) is 0 Å². The Balaban J connectivity index is 3.12. The van der Waals surface area contributed by atoms with E-state index in [9.17, 15) is 0 Å². The molecule has 0 spiro atoms. The molecule has 0 aliphatic carbocycles. The Morgan fingerprint density at radius 3 is 2.38 bits per heavy atom. The first-order valence-electron chi connectivity index (χ1n) is 5.04. The molecule has 2 atom stereocenters. The topological polar surface area (TPSA) is 38.7 Å². The Kier molecular flexibility index (Phi) is 8.40. The van der Waals surface area contributed by atoms with E-state index >= 15 is 0 Å². The number of hydrogen-bond donors (Lipinski definition) is 1. The molecule has 0 rings (SSSR count). The summed E-state index contributed by atoms with van der Waals surface area (Å²) in [6.07, 6.45) is 1.56. The molecule has 3 heteroatoms. The van der Waals surface area contributed by atoms with Crippen LogP contribution in [0.2, 0.25) is 0 Å². The van der Waals surface area contributed by atoms with E-state index in [0.717, 1.165) is 13.0 Å². The normalized spacial score (nSPS) is 15.7. The van der Waals surface area contributed by atoms with Gasteiger partial charge >= 0.3 is 0 Å². The molecule has 0 aliphatic heterocycles. The Labute approximate surface area is 81.0 Å². The molecule has 1 N–H and O–H groups in total. The quantitative estimate of drug-likeness (QED) is 0.591. The van der Waals surface area contributed by atoms with Crippen LogP contribution in [0, 0.1) is 0 Å². The highest BCUT2D eigenvalue weighted by Crippen LogP contribution is 2.01. The van der Waals surface area contributed by atoms with E-state index in [-0.39, 0.29) is 12.2 Å². The summed E-state index contributed by atoms with van der Waals surface area (Å²) in [6, 6.07) is 0. The molecule has 80 valence electrons. The van der Waals surface area contributed by atoms with Crippen molar-refractivity contribution in [2.75, 3.05) is 19.8 Å². The highest BCUT2D eigenvalue weighted by atomic mass is 16.5. The summed E-state index contributed by atoms with van der Waals surface area (Å²) in [5.74, 6) is 0. The van der Waals surface area contributed by atoms with Crippen LogP contribution in [-0.2, 0) is 9.47 Å². The number of rotatable bonds is 8. The highest BCUT2D eigenvalue weighted by Gasteiger charge is 2.05. The van der Waals surface area contributed by atoms with E-state index in [0.29, 0.717) is 19.6 Å². The van der Waals surface area contributed by atoms with Gasteiger partial charge in [-0.05, 0) is 26.7 Å². The third-order valence-electron chi connectivity index (χ3n) is 1.65. The fourth-order valence-electron chi connectivity index (χ4n) is 1.10. The standard InChI is InChI=1S/C10H22O3/c1-4-5-12-6-7-13-10(3)8-9(2)11/h9-11H,4-8H2,1-3H3. The van der Waals surface area contributed by atoms with Gasteiger partial charge in [-0.15, -0.1) is 0 Å². The number of aliphatic hydroxyl groups is 1. The van der Waals surface area contributed by atoms with Crippen LogP contribution >= 0.6 is 0 Å². The highest BCUT2D eigenvalue weighted by molar-refractivity contribution is 4.55. The zero-order valence-corrected chi connectivity index (χ0v) is 8.95. The molecule has 0 aromatic rings. The summed E-state index contributed by atoms with van der Waals surface area (Å²) in [5, 5.41) is 9.05. The number of ether oxygens (including phenoxy) is 2. The van der Waals surface area contributed by atoms with Gasteiger partial charge in [0.15, 0.2) is 0 Å². The number of aliphatic hydroxyl groups excluding tert-OH is 1. The predicted octanol–water partition coefficient (Wildman–Crippen LogP) is 1.59. The Morgan fingerprint density at radius 1 is 1.15 bits per heavy atom. The summed E-state index contributed by atoms with van der Waals surface area (Å²) in [6.45, 7) is 7.89. The van der Waals surface area contributed by atoms with Crippen molar-refractivity contribution in [2.45, 2.75) is 45.8 Å². The van der Waals surface area contributed by atoms with Gasteiger partial charge in [0, 0.05) is 6.61 Å². The summed E-state index contributed by atoms with van der Waals surface area (Å²) in [4.78, 5) is 0. The molecule has 0 heterocycles. The van der Waals surface area contributed by atoms with Crippen molar-refractivity contribution in [2.24, 2.45) is 0 Å². The minimum absolute atomic E-state index is 0.116. The monoisotopic (exact) mass is 190 g/mol. The number of hydrogen-bond acceptors (Lipinski definition) is 3. The van der Waals surface area contributed by atoms with Gasteiger partial charge in [-0.25, -0.2) is 0 Å². The van der Waals surface area contributed by atoms with E-state index in [4.69, 9.17) is 14.6 Å². The van der Waals surface area contributed by atoms with Crippen molar-refractivity contribution in [3.8, 4) is 0 Å². The second kappa shape index (κ2) is 8.48. The molecule has 0 fully saturated rings. The van der Waals surface area contributed by atoms with E-state index in [1.54, 1.807) is 6.92 Å². The van der Waals surface area contributed by atoms with Crippen molar-refractivity contribution in [1.82, 2.24) is 0 Å². The van der Waals surface area contributed by atoms with Crippen LogP contribution in [0.4, 0.5) is 0 Å².